The fourth-order valence-corrected chi connectivity index (χ4v) is 4.38. The number of fused-ring (bicyclic) bond motifs is 1. The van der Waals surface area contributed by atoms with Gasteiger partial charge in [-0.15, -0.1) is 11.3 Å². The number of nitrogens with two attached hydrogens (primary N) is 1. The highest BCUT2D eigenvalue weighted by Gasteiger charge is 2.29. The second kappa shape index (κ2) is 7.81. The van der Waals surface area contributed by atoms with Crippen LogP contribution in [0.4, 0.5) is 5.13 Å². The van der Waals surface area contributed by atoms with Gasteiger partial charge in [-0.25, -0.2) is 14.8 Å². The molecule has 4 aromatic rings. The third kappa shape index (κ3) is 3.74. The summed E-state index contributed by atoms with van der Waals surface area (Å²) in [6.45, 7) is 2.07. The Bertz CT molecular complexity index is 1540. The maximum atomic E-state index is 13.2. The van der Waals surface area contributed by atoms with Crippen LogP contribution < -0.4 is 22.3 Å². The number of rotatable bonds is 6. The fourth-order valence-electron chi connectivity index (χ4n) is 3.67. The molecule has 1 aliphatic carbocycles. The Labute approximate surface area is 189 Å². The number of aryl methyl sites for hydroxylation is 1. The third-order valence-electron chi connectivity index (χ3n) is 5.49. The second-order valence-corrected chi connectivity index (χ2v) is 8.59. The number of hydrogen-bond donors (Lipinski definition) is 4. The first-order valence-corrected chi connectivity index (χ1v) is 11.2. The van der Waals surface area contributed by atoms with E-state index in [9.17, 15) is 19.2 Å². The number of pyridine rings is 1. The van der Waals surface area contributed by atoms with Crippen LogP contribution in [0.5, 0.6) is 0 Å². The number of aromatic nitrogens is 5. The molecule has 1 aliphatic rings. The summed E-state index contributed by atoms with van der Waals surface area (Å²) in [6, 6.07) is 3.19. The molecule has 2 amide bonds. The summed E-state index contributed by atoms with van der Waals surface area (Å²) < 4.78 is 1.35. The zero-order chi connectivity index (χ0) is 23.3. The standard InChI is InChI=1S/C21H19N7O4S/c1-2-28-17-15(19(31)27-21(28)32)11(6-12(24-17)9-3-4-9)18(30)26-20-25-14(8-33-20)10-5-13(16(22)29)23-7-10/h5-9,23H,2-4H2,1H3,(H2,22,29)(H,25,26,30)(H,27,31,32). The number of amides is 2. The predicted octanol–water partition coefficient (Wildman–Crippen LogP) is 1.78. The molecule has 5 N–H and O–H groups in total. The van der Waals surface area contributed by atoms with Crippen LogP contribution in [0.15, 0.2) is 33.3 Å². The van der Waals surface area contributed by atoms with Gasteiger partial charge in [0.15, 0.2) is 10.8 Å². The van der Waals surface area contributed by atoms with E-state index in [1.54, 1.807) is 30.6 Å². The zero-order valence-electron chi connectivity index (χ0n) is 17.5. The molecule has 1 fully saturated rings. The van der Waals surface area contributed by atoms with Gasteiger partial charge in [-0.1, -0.05) is 0 Å². The van der Waals surface area contributed by atoms with Crippen molar-refractivity contribution in [2.45, 2.75) is 32.2 Å². The Kier molecular flexibility index (Phi) is 4.93. The molecule has 4 aromatic heterocycles. The quantitative estimate of drug-likeness (QED) is 0.338. The van der Waals surface area contributed by atoms with Crippen molar-refractivity contribution in [2.75, 3.05) is 5.32 Å². The van der Waals surface area contributed by atoms with Crippen molar-refractivity contribution in [1.82, 2.24) is 24.5 Å². The van der Waals surface area contributed by atoms with E-state index in [1.165, 1.54) is 15.9 Å². The van der Waals surface area contributed by atoms with Crippen LogP contribution in [-0.4, -0.2) is 36.3 Å². The summed E-state index contributed by atoms with van der Waals surface area (Å²) >= 11 is 1.20. The molecule has 5 rings (SSSR count). The molecule has 1 saturated carbocycles. The number of primary amides is 1. The number of carbonyl (C=O) groups excluding carboxylic acids is 2. The van der Waals surface area contributed by atoms with E-state index in [4.69, 9.17) is 5.73 Å². The molecule has 0 saturated heterocycles. The molecule has 4 heterocycles. The van der Waals surface area contributed by atoms with Crippen molar-refractivity contribution in [3.05, 3.63) is 61.5 Å². The molecule has 33 heavy (non-hydrogen) atoms. The molecule has 0 aromatic carbocycles. The lowest BCUT2D eigenvalue weighted by molar-refractivity contribution is 0.0994. The lowest BCUT2D eigenvalue weighted by Gasteiger charge is -2.11. The minimum absolute atomic E-state index is 0.0619. The maximum absolute atomic E-state index is 13.2. The summed E-state index contributed by atoms with van der Waals surface area (Å²) in [6.07, 6.45) is 3.49. The van der Waals surface area contributed by atoms with Gasteiger partial charge in [-0.2, -0.15) is 0 Å². The normalized spacial score (nSPS) is 13.4. The zero-order valence-corrected chi connectivity index (χ0v) is 18.3. The van der Waals surface area contributed by atoms with Gasteiger partial charge < -0.3 is 10.7 Å². The Balaban J connectivity index is 1.53. The SMILES string of the molecule is CCn1c(=O)[nH]c(=O)c2c(C(=O)Nc3nc(-c4c[nH]c(C(N)=O)c4)cs3)cc(C3CC3)nc21. The van der Waals surface area contributed by atoms with Gasteiger partial charge in [-0.3, -0.25) is 29.3 Å². The highest BCUT2D eigenvalue weighted by Crippen LogP contribution is 2.40. The molecule has 0 spiro atoms. The summed E-state index contributed by atoms with van der Waals surface area (Å²) in [5.74, 6) is -0.902. The molecule has 0 bridgehead atoms. The van der Waals surface area contributed by atoms with Crippen molar-refractivity contribution in [3.63, 3.8) is 0 Å². The van der Waals surface area contributed by atoms with Gasteiger partial charge in [0.1, 0.15) is 5.69 Å². The van der Waals surface area contributed by atoms with E-state index >= 15 is 0 Å². The van der Waals surface area contributed by atoms with Crippen molar-refractivity contribution in [1.29, 1.82) is 0 Å². The number of hydrogen-bond acceptors (Lipinski definition) is 7. The van der Waals surface area contributed by atoms with Crippen molar-refractivity contribution in [2.24, 2.45) is 5.73 Å². The van der Waals surface area contributed by atoms with E-state index in [1.807, 2.05) is 0 Å². The summed E-state index contributed by atoms with van der Waals surface area (Å²) in [4.78, 5) is 63.4. The fraction of sp³-hybridized carbons (Fsp3) is 0.238. The minimum atomic E-state index is -0.661. The number of carbonyl (C=O) groups is 2. The predicted molar refractivity (Wildman–Crippen MR) is 123 cm³/mol. The van der Waals surface area contributed by atoms with Crippen LogP contribution in [0.3, 0.4) is 0 Å². The van der Waals surface area contributed by atoms with Crippen molar-refractivity contribution < 1.29 is 9.59 Å². The van der Waals surface area contributed by atoms with Gasteiger partial charge >= 0.3 is 5.69 Å². The average Bonchev–Trinajstić information content (AvgIpc) is 3.32. The average molecular weight is 465 g/mol. The Morgan fingerprint density at radius 3 is 2.73 bits per heavy atom. The van der Waals surface area contributed by atoms with E-state index in [2.05, 4.69) is 25.3 Å². The van der Waals surface area contributed by atoms with Crippen molar-refractivity contribution in [3.8, 4) is 11.3 Å². The van der Waals surface area contributed by atoms with Crippen LogP contribution in [0, 0.1) is 0 Å². The van der Waals surface area contributed by atoms with E-state index in [0.717, 1.165) is 12.8 Å². The van der Waals surface area contributed by atoms with Crippen LogP contribution in [0.25, 0.3) is 22.3 Å². The molecule has 0 unspecified atom stereocenters. The van der Waals surface area contributed by atoms with Crippen LogP contribution in [0.2, 0.25) is 0 Å². The molecule has 11 nitrogen and oxygen atoms in total. The smallest absolute Gasteiger partial charge is 0.329 e. The van der Waals surface area contributed by atoms with Crippen LogP contribution in [-0.2, 0) is 6.54 Å². The monoisotopic (exact) mass is 465 g/mol. The van der Waals surface area contributed by atoms with Gasteiger partial charge in [0.25, 0.3) is 17.4 Å². The van der Waals surface area contributed by atoms with E-state index in [-0.39, 0.29) is 28.2 Å². The van der Waals surface area contributed by atoms with E-state index in [0.29, 0.717) is 28.6 Å². The number of nitrogens with zero attached hydrogens (tertiary/aromatic N) is 3. The summed E-state index contributed by atoms with van der Waals surface area (Å²) in [7, 11) is 0. The highest BCUT2D eigenvalue weighted by atomic mass is 32.1. The number of anilines is 1. The van der Waals surface area contributed by atoms with Gasteiger partial charge in [0.05, 0.1) is 16.6 Å². The molecular formula is C21H19N7O4S. The molecule has 0 atom stereocenters. The molecule has 12 heteroatoms. The summed E-state index contributed by atoms with van der Waals surface area (Å²) in [5, 5.41) is 4.84. The first-order valence-electron chi connectivity index (χ1n) is 10.3. The van der Waals surface area contributed by atoms with Crippen molar-refractivity contribution >= 4 is 39.3 Å². The largest absolute Gasteiger partial charge is 0.364 e. The Morgan fingerprint density at radius 1 is 1.27 bits per heavy atom. The first-order chi connectivity index (χ1) is 15.9. The van der Waals surface area contributed by atoms with Gasteiger partial charge in [-0.05, 0) is 31.9 Å². The topological polar surface area (TPSA) is 169 Å². The number of H-pyrrole nitrogens is 2. The van der Waals surface area contributed by atoms with Crippen LogP contribution >= 0.6 is 11.3 Å². The Hall–Kier alpha value is -4.06. The maximum Gasteiger partial charge on any atom is 0.329 e. The Morgan fingerprint density at radius 2 is 2.06 bits per heavy atom. The minimum Gasteiger partial charge on any atom is -0.364 e. The number of thiazole rings is 1. The second-order valence-electron chi connectivity index (χ2n) is 7.73. The van der Waals surface area contributed by atoms with E-state index < -0.39 is 23.1 Å². The molecule has 0 radical (unpaired) electrons. The lowest BCUT2D eigenvalue weighted by atomic mass is 10.1. The van der Waals surface area contributed by atoms with Gasteiger partial charge in [0, 0.05) is 35.3 Å². The van der Waals surface area contributed by atoms with Gasteiger partial charge in [0.2, 0.25) is 0 Å². The van der Waals surface area contributed by atoms with Crippen LogP contribution in [0.1, 0.15) is 52.2 Å². The highest BCUT2D eigenvalue weighted by molar-refractivity contribution is 7.14. The third-order valence-corrected chi connectivity index (χ3v) is 6.25. The lowest BCUT2D eigenvalue weighted by Crippen LogP contribution is -2.32. The summed E-state index contributed by atoms with van der Waals surface area (Å²) in [5.41, 5.74) is 6.52. The molecule has 168 valence electrons. The number of aromatic amines is 2. The first kappa shape index (κ1) is 20.8. The molecule has 0 aliphatic heterocycles. The number of nitrogens with one attached hydrogen (secondary N) is 3. The molecular weight excluding hydrogens is 446 g/mol.